The molecule has 1 heterocycles. The second-order valence-electron chi connectivity index (χ2n) is 5.73. The number of nitrogens with one attached hydrogen (secondary N) is 1. The van der Waals surface area contributed by atoms with Crippen molar-refractivity contribution >= 4 is 17.5 Å². The number of hydrogen-bond donors (Lipinski definition) is 1. The Labute approximate surface area is 141 Å². The highest BCUT2D eigenvalue weighted by Crippen LogP contribution is 2.27. The molecule has 0 atom stereocenters. The molecular formula is C19H20N2O3. The molecule has 0 fully saturated rings. The SMILES string of the molecule is COc1ccc(CC(=O)NCC(=O)N2CCc3ccccc32)cc1. The summed E-state index contributed by atoms with van der Waals surface area (Å²) in [4.78, 5) is 26.1. The van der Waals surface area contributed by atoms with Gasteiger partial charge < -0.3 is 15.0 Å². The molecule has 0 bridgehead atoms. The van der Waals surface area contributed by atoms with Gasteiger partial charge in [0.2, 0.25) is 11.8 Å². The van der Waals surface area contributed by atoms with Crippen molar-refractivity contribution < 1.29 is 14.3 Å². The second-order valence-corrected chi connectivity index (χ2v) is 5.73. The first-order valence-electron chi connectivity index (χ1n) is 7.95. The third-order valence-electron chi connectivity index (χ3n) is 4.15. The van der Waals surface area contributed by atoms with E-state index in [2.05, 4.69) is 5.32 Å². The van der Waals surface area contributed by atoms with E-state index in [1.165, 1.54) is 5.56 Å². The number of hydrogen-bond acceptors (Lipinski definition) is 3. The minimum absolute atomic E-state index is 0.0172. The van der Waals surface area contributed by atoms with Gasteiger partial charge in [-0.1, -0.05) is 30.3 Å². The van der Waals surface area contributed by atoms with Crippen molar-refractivity contribution in [2.75, 3.05) is 25.1 Å². The minimum Gasteiger partial charge on any atom is -0.497 e. The van der Waals surface area contributed by atoms with E-state index in [0.717, 1.165) is 23.4 Å². The first kappa shape index (κ1) is 16.1. The van der Waals surface area contributed by atoms with Gasteiger partial charge in [0.15, 0.2) is 0 Å². The van der Waals surface area contributed by atoms with Gasteiger partial charge in [-0.25, -0.2) is 0 Å². The Morgan fingerprint density at radius 2 is 1.88 bits per heavy atom. The summed E-state index contributed by atoms with van der Waals surface area (Å²) in [7, 11) is 1.60. The number of carbonyl (C=O) groups excluding carboxylic acids is 2. The van der Waals surface area contributed by atoms with Crippen LogP contribution in [0.2, 0.25) is 0 Å². The quantitative estimate of drug-likeness (QED) is 0.914. The zero-order valence-corrected chi connectivity index (χ0v) is 13.6. The highest BCUT2D eigenvalue weighted by Gasteiger charge is 2.24. The lowest BCUT2D eigenvalue weighted by Crippen LogP contribution is -2.39. The first-order valence-corrected chi connectivity index (χ1v) is 7.95. The number of benzene rings is 2. The molecule has 0 aromatic heterocycles. The number of nitrogens with zero attached hydrogens (tertiary/aromatic N) is 1. The van der Waals surface area contributed by atoms with Gasteiger partial charge in [0, 0.05) is 12.2 Å². The molecule has 2 aromatic rings. The first-order chi connectivity index (χ1) is 11.7. The van der Waals surface area contributed by atoms with Crippen LogP contribution in [0.15, 0.2) is 48.5 Å². The average Bonchev–Trinajstić information content (AvgIpc) is 3.04. The van der Waals surface area contributed by atoms with Gasteiger partial charge >= 0.3 is 0 Å². The fourth-order valence-corrected chi connectivity index (χ4v) is 2.86. The molecule has 24 heavy (non-hydrogen) atoms. The molecule has 124 valence electrons. The van der Waals surface area contributed by atoms with E-state index in [-0.39, 0.29) is 24.8 Å². The van der Waals surface area contributed by atoms with Crippen LogP contribution in [0.3, 0.4) is 0 Å². The number of ether oxygens (including phenoxy) is 1. The molecule has 0 unspecified atom stereocenters. The number of anilines is 1. The molecule has 1 N–H and O–H groups in total. The van der Waals surface area contributed by atoms with Gasteiger partial charge in [0.05, 0.1) is 20.1 Å². The third kappa shape index (κ3) is 3.56. The fraction of sp³-hybridized carbons (Fsp3) is 0.263. The summed E-state index contributed by atoms with van der Waals surface area (Å²) >= 11 is 0. The zero-order chi connectivity index (χ0) is 16.9. The van der Waals surface area contributed by atoms with Gasteiger partial charge in [-0.2, -0.15) is 0 Å². The van der Waals surface area contributed by atoms with Gasteiger partial charge in [-0.05, 0) is 35.7 Å². The summed E-state index contributed by atoms with van der Waals surface area (Å²) in [5.41, 5.74) is 3.01. The smallest absolute Gasteiger partial charge is 0.246 e. The average molecular weight is 324 g/mol. The minimum atomic E-state index is -0.166. The monoisotopic (exact) mass is 324 g/mol. The number of amides is 2. The lowest BCUT2D eigenvalue weighted by molar-refractivity contribution is -0.124. The molecule has 0 saturated heterocycles. The van der Waals surface area contributed by atoms with Gasteiger partial charge in [-0.15, -0.1) is 0 Å². The molecule has 5 nitrogen and oxygen atoms in total. The number of rotatable bonds is 5. The lowest BCUT2D eigenvalue weighted by Gasteiger charge is -2.17. The summed E-state index contributed by atoms with van der Waals surface area (Å²) in [5.74, 6) is 0.506. The Hall–Kier alpha value is -2.82. The molecule has 0 radical (unpaired) electrons. The van der Waals surface area contributed by atoms with E-state index in [0.29, 0.717) is 6.54 Å². The molecule has 2 aromatic carbocycles. The molecule has 5 heteroatoms. The second kappa shape index (κ2) is 7.17. The predicted octanol–water partition coefficient (Wildman–Crippen LogP) is 1.94. The summed E-state index contributed by atoms with van der Waals surface area (Å²) in [6.07, 6.45) is 1.11. The van der Waals surface area contributed by atoms with Crippen LogP contribution >= 0.6 is 0 Å². The normalized spacial score (nSPS) is 12.6. The van der Waals surface area contributed by atoms with E-state index in [1.54, 1.807) is 12.0 Å². The van der Waals surface area contributed by atoms with E-state index in [9.17, 15) is 9.59 Å². The molecule has 1 aliphatic rings. The van der Waals surface area contributed by atoms with Crippen LogP contribution in [0.4, 0.5) is 5.69 Å². The Morgan fingerprint density at radius 3 is 2.62 bits per heavy atom. The molecule has 2 amide bonds. The van der Waals surface area contributed by atoms with Crippen LogP contribution in [0.1, 0.15) is 11.1 Å². The standard InChI is InChI=1S/C19H20N2O3/c1-24-16-8-6-14(7-9-16)12-18(22)20-13-19(23)21-11-10-15-4-2-3-5-17(15)21/h2-9H,10-13H2,1H3,(H,20,22). The number of methoxy groups -OCH3 is 1. The van der Waals surface area contributed by atoms with Gasteiger partial charge in [0.1, 0.15) is 5.75 Å². The maximum Gasteiger partial charge on any atom is 0.246 e. The number of fused-ring (bicyclic) bond motifs is 1. The summed E-state index contributed by atoms with van der Waals surface area (Å²) in [5, 5.41) is 2.71. The van der Waals surface area contributed by atoms with Crippen molar-refractivity contribution in [3.05, 3.63) is 59.7 Å². The highest BCUT2D eigenvalue weighted by atomic mass is 16.5. The Morgan fingerprint density at radius 1 is 1.12 bits per heavy atom. The maximum absolute atomic E-state index is 12.3. The molecule has 0 spiro atoms. The highest BCUT2D eigenvalue weighted by molar-refractivity contribution is 5.98. The van der Waals surface area contributed by atoms with Crippen molar-refractivity contribution in [1.29, 1.82) is 0 Å². The van der Waals surface area contributed by atoms with Crippen molar-refractivity contribution in [2.24, 2.45) is 0 Å². The molecule has 0 aliphatic carbocycles. The van der Waals surface area contributed by atoms with Crippen molar-refractivity contribution in [3.63, 3.8) is 0 Å². The lowest BCUT2D eigenvalue weighted by atomic mass is 10.1. The topological polar surface area (TPSA) is 58.6 Å². The van der Waals surface area contributed by atoms with Crippen molar-refractivity contribution in [2.45, 2.75) is 12.8 Å². The Bertz CT molecular complexity index is 741. The van der Waals surface area contributed by atoms with Crippen LogP contribution in [0, 0.1) is 0 Å². The predicted molar refractivity (Wildman–Crippen MR) is 92.2 cm³/mol. The summed E-state index contributed by atoms with van der Waals surface area (Å²) in [6, 6.07) is 15.2. The summed E-state index contributed by atoms with van der Waals surface area (Å²) < 4.78 is 5.09. The molecular weight excluding hydrogens is 304 g/mol. The Balaban J connectivity index is 1.52. The van der Waals surface area contributed by atoms with Crippen LogP contribution in [-0.2, 0) is 22.4 Å². The summed E-state index contributed by atoms with van der Waals surface area (Å²) in [6.45, 7) is 0.690. The molecule has 1 aliphatic heterocycles. The molecule has 0 saturated carbocycles. The van der Waals surface area contributed by atoms with E-state index in [4.69, 9.17) is 4.74 Å². The largest absolute Gasteiger partial charge is 0.497 e. The third-order valence-corrected chi connectivity index (χ3v) is 4.15. The van der Waals surface area contributed by atoms with Crippen LogP contribution in [0.5, 0.6) is 5.75 Å². The fourth-order valence-electron chi connectivity index (χ4n) is 2.86. The molecule has 3 rings (SSSR count). The van der Waals surface area contributed by atoms with E-state index >= 15 is 0 Å². The Kier molecular flexibility index (Phi) is 4.79. The van der Waals surface area contributed by atoms with Crippen molar-refractivity contribution in [1.82, 2.24) is 5.32 Å². The van der Waals surface area contributed by atoms with E-state index in [1.807, 2.05) is 48.5 Å². The van der Waals surface area contributed by atoms with Crippen LogP contribution in [0.25, 0.3) is 0 Å². The number of para-hydroxylation sites is 1. The van der Waals surface area contributed by atoms with Crippen LogP contribution < -0.4 is 15.0 Å². The van der Waals surface area contributed by atoms with Gasteiger partial charge in [0.25, 0.3) is 0 Å². The maximum atomic E-state index is 12.3. The van der Waals surface area contributed by atoms with Gasteiger partial charge in [-0.3, -0.25) is 9.59 Å². The number of carbonyl (C=O) groups is 2. The van der Waals surface area contributed by atoms with E-state index < -0.39 is 0 Å². The van der Waals surface area contributed by atoms with Crippen molar-refractivity contribution in [3.8, 4) is 5.75 Å². The van der Waals surface area contributed by atoms with Crippen LogP contribution in [-0.4, -0.2) is 32.0 Å². The zero-order valence-electron chi connectivity index (χ0n) is 13.6.